The van der Waals surface area contributed by atoms with Gasteiger partial charge in [-0.1, -0.05) is 53.2 Å². The summed E-state index contributed by atoms with van der Waals surface area (Å²) in [7, 11) is 0. The Hall–Kier alpha value is -3.52. The van der Waals surface area contributed by atoms with Gasteiger partial charge in [-0.2, -0.15) is 4.98 Å². The van der Waals surface area contributed by atoms with Crippen molar-refractivity contribution in [3.05, 3.63) is 66.1 Å². The van der Waals surface area contributed by atoms with E-state index in [9.17, 15) is 9.59 Å². The molecule has 2 aromatic carbocycles. The van der Waals surface area contributed by atoms with Crippen molar-refractivity contribution in [2.24, 2.45) is 0 Å². The first-order valence-electron chi connectivity index (χ1n) is 11.3. The Balaban J connectivity index is 1.15. The molecule has 1 aromatic heterocycles. The molecule has 4 rings (SSSR count). The molecule has 1 saturated heterocycles. The minimum Gasteiger partial charge on any atom is -0.340 e. The normalized spacial score (nSPS) is 14.3. The molecule has 8 heteroatoms. The molecule has 8 nitrogen and oxygen atoms in total. The van der Waals surface area contributed by atoms with Gasteiger partial charge in [0.2, 0.25) is 23.5 Å². The van der Waals surface area contributed by atoms with Crippen molar-refractivity contribution in [2.45, 2.75) is 26.2 Å². The Morgan fingerprint density at radius 2 is 1.73 bits per heavy atom. The van der Waals surface area contributed by atoms with Gasteiger partial charge in [0, 0.05) is 50.3 Å². The van der Waals surface area contributed by atoms with Gasteiger partial charge in [0.1, 0.15) is 0 Å². The second-order valence-electron chi connectivity index (χ2n) is 8.30. The number of carbonyl (C=O) groups excluding carboxylic acids is 2. The van der Waals surface area contributed by atoms with Gasteiger partial charge in [-0.25, -0.2) is 0 Å². The maximum atomic E-state index is 12.6. The van der Waals surface area contributed by atoms with Crippen LogP contribution in [0.2, 0.25) is 0 Å². The van der Waals surface area contributed by atoms with Crippen molar-refractivity contribution in [2.75, 3.05) is 38.0 Å². The number of rotatable bonds is 8. The van der Waals surface area contributed by atoms with Crippen molar-refractivity contribution in [1.82, 2.24) is 19.9 Å². The largest absolute Gasteiger partial charge is 0.340 e. The zero-order valence-electron chi connectivity index (χ0n) is 18.9. The van der Waals surface area contributed by atoms with Crippen LogP contribution in [0.25, 0.3) is 11.4 Å². The third kappa shape index (κ3) is 6.49. The molecule has 33 heavy (non-hydrogen) atoms. The van der Waals surface area contributed by atoms with E-state index in [1.807, 2.05) is 66.4 Å². The number of hydrogen-bond acceptors (Lipinski definition) is 6. The zero-order valence-corrected chi connectivity index (χ0v) is 18.9. The lowest BCUT2D eigenvalue weighted by atomic mass is 10.2. The molecule has 1 fully saturated rings. The van der Waals surface area contributed by atoms with Crippen molar-refractivity contribution < 1.29 is 14.1 Å². The molecular weight excluding hydrogens is 418 g/mol. The second-order valence-corrected chi connectivity index (χ2v) is 8.30. The molecule has 0 atom stereocenters. The van der Waals surface area contributed by atoms with Crippen LogP contribution in [0, 0.1) is 6.92 Å². The van der Waals surface area contributed by atoms with Crippen molar-refractivity contribution in [3.8, 4) is 11.4 Å². The Bertz CT molecular complexity index is 1060. The van der Waals surface area contributed by atoms with Crippen LogP contribution in [0.1, 0.15) is 24.3 Å². The van der Waals surface area contributed by atoms with Gasteiger partial charge in [0.15, 0.2) is 0 Å². The monoisotopic (exact) mass is 447 g/mol. The van der Waals surface area contributed by atoms with Gasteiger partial charge < -0.3 is 14.7 Å². The third-order valence-electron chi connectivity index (χ3n) is 5.71. The van der Waals surface area contributed by atoms with Crippen LogP contribution in [0.5, 0.6) is 0 Å². The van der Waals surface area contributed by atoms with Crippen LogP contribution in [0.3, 0.4) is 0 Å². The number of amides is 2. The summed E-state index contributed by atoms with van der Waals surface area (Å²) in [5.74, 6) is 1.21. The van der Waals surface area contributed by atoms with Crippen molar-refractivity contribution in [3.63, 3.8) is 0 Å². The van der Waals surface area contributed by atoms with Gasteiger partial charge >= 0.3 is 0 Å². The molecule has 0 unspecified atom stereocenters. The van der Waals surface area contributed by atoms with Gasteiger partial charge in [-0.05, 0) is 25.5 Å². The summed E-state index contributed by atoms with van der Waals surface area (Å²) in [5.41, 5.74) is 2.87. The summed E-state index contributed by atoms with van der Waals surface area (Å²) in [6, 6.07) is 17.4. The standard InChI is InChI=1S/C25H29N5O3/c1-19-10-12-21(13-11-19)26-22(31)18-29-14-16-30(17-15-29)24(32)9-5-8-23-27-25(28-33-23)20-6-3-2-4-7-20/h2-4,6-7,10-13H,5,8-9,14-18H2,1H3,(H,26,31). The molecule has 1 N–H and O–H groups in total. The summed E-state index contributed by atoms with van der Waals surface area (Å²) < 4.78 is 5.32. The number of nitrogens with one attached hydrogen (secondary N) is 1. The quantitative estimate of drug-likeness (QED) is 0.570. The first-order chi connectivity index (χ1) is 16.1. The fourth-order valence-electron chi connectivity index (χ4n) is 3.81. The lowest BCUT2D eigenvalue weighted by molar-refractivity contribution is -0.133. The van der Waals surface area contributed by atoms with E-state index in [1.54, 1.807) is 0 Å². The molecule has 0 spiro atoms. The lowest BCUT2D eigenvalue weighted by Crippen LogP contribution is -2.50. The molecule has 1 aliphatic rings. The fraction of sp³-hybridized carbons (Fsp3) is 0.360. The second kappa shape index (κ2) is 10.9. The molecule has 1 aliphatic heterocycles. The van der Waals surface area contributed by atoms with E-state index in [0.29, 0.717) is 63.7 Å². The molecule has 0 saturated carbocycles. The van der Waals surface area contributed by atoms with Crippen LogP contribution >= 0.6 is 0 Å². The number of hydrogen-bond donors (Lipinski definition) is 1. The lowest BCUT2D eigenvalue weighted by Gasteiger charge is -2.34. The number of anilines is 1. The van der Waals surface area contributed by atoms with E-state index in [4.69, 9.17) is 4.52 Å². The van der Waals surface area contributed by atoms with E-state index < -0.39 is 0 Å². The number of aryl methyl sites for hydroxylation is 2. The number of carbonyl (C=O) groups is 2. The maximum absolute atomic E-state index is 12.6. The summed E-state index contributed by atoms with van der Waals surface area (Å²) in [6.07, 6.45) is 1.68. The summed E-state index contributed by atoms with van der Waals surface area (Å²) in [6.45, 7) is 5.00. The Labute approximate surface area is 193 Å². The minimum absolute atomic E-state index is 0.0342. The van der Waals surface area contributed by atoms with Crippen LogP contribution in [0.15, 0.2) is 59.1 Å². The predicted molar refractivity (Wildman–Crippen MR) is 126 cm³/mol. The Kier molecular flexibility index (Phi) is 7.47. The average Bonchev–Trinajstić information content (AvgIpc) is 3.30. The molecule has 0 bridgehead atoms. The summed E-state index contributed by atoms with van der Waals surface area (Å²) in [5, 5.41) is 6.94. The third-order valence-corrected chi connectivity index (χ3v) is 5.71. The highest BCUT2D eigenvalue weighted by atomic mass is 16.5. The number of aromatic nitrogens is 2. The van der Waals surface area contributed by atoms with Gasteiger partial charge in [-0.15, -0.1) is 0 Å². The number of benzene rings is 2. The maximum Gasteiger partial charge on any atom is 0.238 e. The highest BCUT2D eigenvalue weighted by Crippen LogP contribution is 2.16. The van der Waals surface area contributed by atoms with Crippen molar-refractivity contribution >= 4 is 17.5 Å². The van der Waals surface area contributed by atoms with Crippen LogP contribution in [-0.2, 0) is 16.0 Å². The first kappa shape index (κ1) is 22.7. The predicted octanol–water partition coefficient (Wildman–Crippen LogP) is 3.15. The molecule has 2 heterocycles. The Morgan fingerprint density at radius 3 is 2.45 bits per heavy atom. The Morgan fingerprint density at radius 1 is 1.00 bits per heavy atom. The van der Waals surface area contributed by atoms with E-state index in [-0.39, 0.29) is 11.8 Å². The first-order valence-corrected chi connectivity index (χ1v) is 11.3. The van der Waals surface area contributed by atoms with E-state index in [2.05, 4.69) is 20.4 Å². The van der Waals surface area contributed by atoms with Gasteiger partial charge in [0.05, 0.1) is 6.54 Å². The van der Waals surface area contributed by atoms with Crippen LogP contribution < -0.4 is 5.32 Å². The van der Waals surface area contributed by atoms with Gasteiger partial charge in [0.25, 0.3) is 0 Å². The fourth-order valence-corrected chi connectivity index (χ4v) is 3.81. The van der Waals surface area contributed by atoms with Crippen LogP contribution in [-0.4, -0.2) is 64.5 Å². The minimum atomic E-state index is -0.0342. The average molecular weight is 448 g/mol. The van der Waals surface area contributed by atoms with E-state index in [0.717, 1.165) is 16.8 Å². The molecule has 172 valence electrons. The highest BCUT2D eigenvalue weighted by molar-refractivity contribution is 5.92. The molecule has 0 aliphatic carbocycles. The summed E-state index contributed by atoms with van der Waals surface area (Å²) in [4.78, 5) is 33.2. The SMILES string of the molecule is Cc1ccc(NC(=O)CN2CCN(C(=O)CCCc3nc(-c4ccccc4)no3)CC2)cc1. The molecule has 0 radical (unpaired) electrons. The van der Waals surface area contributed by atoms with Crippen LogP contribution in [0.4, 0.5) is 5.69 Å². The van der Waals surface area contributed by atoms with Crippen molar-refractivity contribution in [1.29, 1.82) is 0 Å². The number of piperazine rings is 1. The van der Waals surface area contributed by atoms with Gasteiger partial charge in [-0.3, -0.25) is 14.5 Å². The smallest absolute Gasteiger partial charge is 0.238 e. The van der Waals surface area contributed by atoms with E-state index in [1.165, 1.54) is 0 Å². The zero-order chi connectivity index (χ0) is 23.0. The molecular formula is C25H29N5O3. The topological polar surface area (TPSA) is 91.6 Å². The summed E-state index contributed by atoms with van der Waals surface area (Å²) >= 11 is 0. The molecule has 2 amide bonds. The highest BCUT2D eigenvalue weighted by Gasteiger charge is 2.22. The number of nitrogens with zero attached hydrogens (tertiary/aromatic N) is 4. The van der Waals surface area contributed by atoms with E-state index >= 15 is 0 Å². The molecule has 3 aromatic rings.